The van der Waals surface area contributed by atoms with E-state index in [0.717, 1.165) is 19.5 Å². The molecule has 1 heterocycles. The molecular formula is C14H30N2O2. The van der Waals surface area contributed by atoms with E-state index < -0.39 is 12.2 Å². The summed E-state index contributed by atoms with van der Waals surface area (Å²) < 4.78 is 0. The lowest BCUT2D eigenvalue weighted by Crippen LogP contribution is -2.47. The van der Waals surface area contributed by atoms with Gasteiger partial charge in [0.25, 0.3) is 0 Å². The van der Waals surface area contributed by atoms with Gasteiger partial charge in [0.15, 0.2) is 0 Å². The predicted molar refractivity (Wildman–Crippen MR) is 74.6 cm³/mol. The highest BCUT2D eigenvalue weighted by atomic mass is 16.3. The third-order valence-electron chi connectivity index (χ3n) is 3.84. The number of nitrogens with one attached hydrogen (secondary N) is 1. The van der Waals surface area contributed by atoms with Gasteiger partial charge in [-0.2, -0.15) is 0 Å². The molecule has 3 unspecified atom stereocenters. The molecule has 3 N–H and O–H groups in total. The van der Waals surface area contributed by atoms with Crippen LogP contribution in [0.5, 0.6) is 0 Å². The van der Waals surface area contributed by atoms with Gasteiger partial charge < -0.3 is 15.5 Å². The molecule has 1 aliphatic heterocycles. The van der Waals surface area contributed by atoms with Crippen molar-refractivity contribution in [1.29, 1.82) is 0 Å². The second-order valence-electron chi connectivity index (χ2n) is 7.10. The normalized spacial score (nSPS) is 29.5. The zero-order chi connectivity index (χ0) is 14.0. The Morgan fingerprint density at radius 3 is 2.00 bits per heavy atom. The summed E-state index contributed by atoms with van der Waals surface area (Å²) in [7, 11) is 0. The van der Waals surface area contributed by atoms with E-state index in [2.05, 4.69) is 44.8 Å². The molecule has 0 amide bonds. The summed E-state index contributed by atoms with van der Waals surface area (Å²) in [5, 5.41) is 22.7. The molecule has 18 heavy (non-hydrogen) atoms. The smallest absolute Gasteiger partial charge is 0.0938 e. The van der Waals surface area contributed by atoms with Crippen LogP contribution < -0.4 is 5.32 Å². The number of aliphatic hydroxyl groups is 2. The minimum Gasteiger partial charge on any atom is -0.389 e. The predicted octanol–water partition coefficient (Wildman–Crippen LogP) is 0.828. The van der Waals surface area contributed by atoms with Gasteiger partial charge in [0.05, 0.1) is 12.2 Å². The van der Waals surface area contributed by atoms with Crippen LogP contribution in [0.2, 0.25) is 0 Å². The number of nitrogens with zero attached hydrogens (tertiary/aromatic N) is 1. The average molecular weight is 258 g/mol. The van der Waals surface area contributed by atoms with E-state index in [1.807, 2.05) is 0 Å². The maximum atomic E-state index is 9.59. The standard InChI is InChI=1S/C14H30N2O2/c1-6-14(5,9-15-13(2,3)4)10-16-7-11(17)12(18)8-16/h11-12,15,17-18H,6-10H2,1-5H3. The lowest BCUT2D eigenvalue weighted by molar-refractivity contribution is 0.0572. The van der Waals surface area contributed by atoms with E-state index >= 15 is 0 Å². The molecule has 3 atom stereocenters. The first-order chi connectivity index (χ1) is 8.15. The van der Waals surface area contributed by atoms with E-state index in [9.17, 15) is 10.2 Å². The summed E-state index contributed by atoms with van der Waals surface area (Å²) in [6, 6.07) is 0. The van der Waals surface area contributed by atoms with Crippen molar-refractivity contribution < 1.29 is 10.2 Å². The third kappa shape index (κ3) is 4.84. The van der Waals surface area contributed by atoms with Crippen LogP contribution in [0.25, 0.3) is 0 Å². The van der Waals surface area contributed by atoms with Gasteiger partial charge in [-0.3, -0.25) is 4.90 Å². The second-order valence-corrected chi connectivity index (χ2v) is 7.10. The summed E-state index contributed by atoms with van der Waals surface area (Å²) in [4.78, 5) is 2.17. The minimum absolute atomic E-state index is 0.125. The van der Waals surface area contributed by atoms with Crippen LogP contribution in [0.3, 0.4) is 0 Å². The number of hydrogen-bond donors (Lipinski definition) is 3. The zero-order valence-electron chi connectivity index (χ0n) is 12.5. The van der Waals surface area contributed by atoms with Crippen LogP contribution in [-0.2, 0) is 0 Å². The zero-order valence-corrected chi connectivity index (χ0v) is 12.5. The number of likely N-dealkylation sites (tertiary alicyclic amines) is 1. The van der Waals surface area contributed by atoms with Crippen molar-refractivity contribution >= 4 is 0 Å². The Labute approximate surface area is 111 Å². The molecule has 0 spiro atoms. The highest BCUT2D eigenvalue weighted by molar-refractivity contribution is 4.89. The first kappa shape index (κ1) is 15.9. The molecule has 0 aromatic carbocycles. The van der Waals surface area contributed by atoms with Crippen LogP contribution in [0, 0.1) is 5.41 Å². The molecule has 0 saturated carbocycles. The lowest BCUT2D eigenvalue weighted by atomic mass is 9.86. The van der Waals surface area contributed by atoms with E-state index in [4.69, 9.17) is 0 Å². The molecule has 0 aromatic rings. The molecule has 4 nitrogen and oxygen atoms in total. The van der Waals surface area contributed by atoms with E-state index in [-0.39, 0.29) is 11.0 Å². The molecule has 0 bridgehead atoms. The number of rotatable bonds is 5. The van der Waals surface area contributed by atoms with Gasteiger partial charge in [0, 0.05) is 31.7 Å². The summed E-state index contributed by atoms with van der Waals surface area (Å²) in [5.74, 6) is 0. The van der Waals surface area contributed by atoms with Gasteiger partial charge in [-0.05, 0) is 32.6 Å². The molecule has 1 rings (SSSR count). The van der Waals surface area contributed by atoms with Crippen LogP contribution in [0.1, 0.15) is 41.0 Å². The largest absolute Gasteiger partial charge is 0.389 e. The topological polar surface area (TPSA) is 55.7 Å². The van der Waals surface area contributed by atoms with Crippen molar-refractivity contribution in [2.75, 3.05) is 26.2 Å². The molecule has 0 aliphatic carbocycles. The van der Waals surface area contributed by atoms with Gasteiger partial charge in [-0.25, -0.2) is 0 Å². The Bertz CT molecular complexity index is 255. The first-order valence-corrected chi connectivity index (χ1v) is 6.99. The fourth-order valence-corrected chi connectivity index (χ4v) is 2.29. The summed E-state index contributed by atoms with van der Waals surface area (Å²) in [5.41, 5.74) is 0.303. The van der Waals surface area contributed by atoms with Crippen LogP contribution in [0.4, 0.5) is 0 Å². The summed E-state index contributed by atoms with van der Waals surface area (Å²) in [6.07, 6.45) is -0.0814. The summed E-state index contributed by atoms with van der Waals surface area (Å²) >= 11 is 0. The molecule has 1 fully saturated rings. The van der Waals surface area contributed by atoms with Crippen molar-refractivity contribution in [3.05, 3.63) is 0 Å². The lowest BCUT2D eigenvalue weighted by Gasteiger charge is -2.36. The third-order valence-corrected chi connectivity index (χ3v) is 3.84. The van der Waals surface area contributed by atoms with Crippen LogP contribution in [0.15, 0.2) is 0 Å². The van der Waals surface area contributed by atoms with Crippen molar-refractivity contribution in [1.82, 2.24) is 10.2 Å². The van der Waals surface area contributed by atoms with Crippen molar-refractivity contribution in [2.24, 2.45) is 5.41 Å². The Balaban J connectivity index is 2.50. The molecule has 0 radical (unpaired) electrons. The maximum absolute atomic E-state index is 9.59. The molecule has 0 aromatic heterocycles. The van der Waals surface area contributed by atoms with Gasteiger partial charge in [-0.15, -0.1) is 0 Å². The minimum atomic E-state index is -0.582. The quantitative estimate of drug-likeness (QED) is 0.684. The molecular weight excluding hydrogens is 228 g/mol. The fraction of sp³-hybridized carbons (Fsp3) is 1.00. The van der Waals surface area contributed by atoms with Crippen molar-refractivity contribution in [3.63, 3.8) is 0 Å². The summed E-state index contributed by atoms with van der Waals surface area (Å²) in [6.45, 7) is 14.0. The Morgan fingerprint density at radius 2 is 1.61 bits per heavy atom. The Hall–Kier alpha value is -0.160. The van der Waals surface area contributed by atoms with E-state index in [1.54, 1.807) is 0 Å². The van der Waals surface area contributed by atoms with E-state index in [1.165, 1.54) is 0 Å². The van der Waals surface area contributed by atoms with E-state index in [0.29, 0.717) is 13.1 Å². The maximum Gasteiger partial charge on any atom is 0.0938 e. The van der Waals surface area contributed by atoms with Gasteiger partial charge >= 0.3 is 0 Å². The fourth-order valence-electron chi connectivity index (χ4n) is 2.29. The Kier molecular flexibility index (Phi) is 5.18. The monoisotopic (exact) mass is 258 g/mol. The SMILES string of the molecule is CCC(C)(CNC(C)(C)C)CN1CC(O)C(O)C1. The van der Waals surface area contributed by atoms with Gasteiger partial charge in [0.2, 0.25) is 0 Å². The molecule has 1 aliphatic rings. The van der Waals surface area contributed by atoms with Gasteiger partial charge in [0.1, 0.15) is 0 Å². The second kappa shape index (κ2) is 5.87. The first-order valence-electron chi connectivity index (χ1n) is 6.99. The molecule has 1 saturated heterocycles. The van der Waals surface area contributed by atoms with Crippen molar-refractivity contribution in [2.45, 2.75) is 58.8 Å². The number of β-amino-alcohol motifs (C(OH)–C–C–N with tert-alkyl or cyclic N) is 2. The molecule has 108 valence electrons. The highest BCUT2D eigenvalue weighted by Gasteiger charge is 2.34. The van der Waals surface area contributed by atoms with Crippen molar-refractivity contribution in [3.8, 4) is 0 Å². The average Bonchev–Trinajstić information content (AvgIpc) is 2.54. The van der Waals surface area contributed by atoms with Crippen LogP contribution >= 0.6 is 0 Å². The molecule has 4 heteroatoms. The van der Waals surface area contributed by atoms with Crippen LogP contribution in [-0.4, -0.2) is 59.0 Å². The Morgan fingerprint density at radius 1 is 1.11 bits per heavy atom. The number of aliphatic hydroxyl groups excluding tert-OH is 2. The number of hydrogen-bond acceptors (Lipinski definition) is 4. The van der Waals surface area contributed by atoms with Gasteiger partial charge in [-0.1, -0.05) is 13.8 Å². The highest BCUT2D eigenvalue weighted by Crippen LogP contribution is 2.25.